The van der Waals surface area contributed by atoms with E-state index in [1.807, 2.05) is 12.3 Å². The number of benzene rings is 1. The lowest BCUT2D eigenvalue weighted by molar-refractivity contribution is -0.134. The minimum atomic E-state index is -1.26. The van der Waals surface area contributed by atoms with E-state index in [-0.39, 0.29) is 0 Å². The number of hydrogen-bond acceptors (Lipinski definition) is 4. The molecule has 0 spiro atoms. The number of carbonyl (C=O) groups is 2. The Morgan fingerprint density at radius 3 is 2.27 bits per heavy atom. The predicted octanol–water partition coefficient (Wildman–Crippen LogP) is 3.86. The number of fused-ring (bicyclic) bond motifs is 1. The molecular formula is C24H28N2O4. The van der Waals surface area contributed by atoms with Crippen LogP contribution in [0.4, 0.5) is 0 Å². The Morgan fingerprint density at radius 1 is 1.07 bits per heavy atom. The first-order valence-corrected chi connectivity index (χ1v) is 9.79. The summed E-state index contributed by atoms with van der Waals surface area (Å²) in [7, 11) is 4.29. The number of rotatable bonds is 7. The van der Waals surface area contributed by atoms with E-state index in [0.717, 1.165) is 25.1 Å². The van der Waals surface area contributed by atoms with E-state index in [9.17, 15) is 9.59 Å². The molecule has 2 aromatic rings. The Labute approximate surface area is 177 Å². The number of aromatic nitrogens is 1. The van der Waals surface area contributed by atoms with Crippen LogP contribution in [0.25, 0.3) is 5.57 Å². The first-order chi connectivity index (χ1) is 14.3. The van der Waals surface area contributed by atoms with Gasteiger partial charge in [-0.25, -0.2) is 9.59 Å². The number of pyridine rings is 1. The molecule has 0 saturated heterocycles. The van der Waals surface area contributed by atoms with Gasteiger partial charge in [-0.1, -0.05) is 42.8 Å². The Bertz CT molecular complexity index is 917. The smallest absolute Gasteiger partial charge is 0.328 e. The van der Waals surface area contributed by atoms with Crippen LogP contribution in [-0.4, -0.2) is 52.7 Å². The van der Waals surface area contributed by atoms with Crippen LogP contribution >= 0.6 is 0 Å². The van der Waals surface area contributed by atoms with Crippen LogP contribution in [0.1, 0.15) is 36.1 Å². The lowest BCUT2D eigenvalue weighted by Gasteiger charge is -2.18. The first kappa shape index (κ1) is 23.0. The molecule has 1 aromatic carbocycles. The average Bonchev–Trinajstić information content (AvgIpc) is 3.09. The molecule has 6 nitrogen and oxygen atoms in total. The lowest BCUT2D eigenvalue weighted by Crippen LogP contribution is -2.14. The predicted molar refractivity (Wildman–Crippen MR) is 117 cm³/mol. The highest BCUT2D eigenvalue weighted by atomic mass is 16.4. The zero-order valence-electron chi connectivity index (χ0n) is 17.6. The van der Waals surface area contributed by atoms with Crippen molar-refractivity contribution in [2.45, 2.75) is 25.7 Å². The minimum Gasteiger partial charge on any atom is -0.478 e. The molecule has 0 amide bonds. The third kappa shape index (κ3) is 6.67. The van der Waals surface area contributed by atoms with E-state index in [1.165, 1.54) is 16.7 Å². The Hall–Kier alpha value is -3.25. The molecule has 1 atom stereocenters. The van der Waals surface area contributed by atoms with Crippen molar-refractivity contribution in [3.05, 3.63) is 83.2 Å². The zero-order chi connectivity index (χ0) is 22.1. The van der Waals surface area contributed by atoms with E-state index in [2.05, 4.69) is 67.3 Å². The molecule has 0 radical (unpaired) electrons. The molecule has 1 aromatic heterocycles. The number of aliphatic carboxylic acids is 2. The molecule has 30 heavy (non-hydrogen) atoms. The number of carboxylic acid groups (broad SMARTS) is 2. The number of hydrogen-bond donors (Lipinski definition) is 2. The molecule has 0 saturated carbocycles. The van der Waals surface area contributed by atoms with Crippen LogP contribution in [0.2, 0.25) is 0 Å². The molecule has 0 bridgehead atoms. The zero-order valence-corrected chi connectivity index (χ0v) is 17.6. The van der Waals surface area contributed by atoms with Gasteiger partial charge >= 0.3 is 11.9 Å². The molecule has 2 N–H and O–H groups in total. The van der Waals surface area contributed by atoms with E-state index < -0.39 is 11.9 Å². The number of carboxylic acids is 2. The van der Waals surface area contributed by atoms with E-state index in [4.69, 9.17) is 10.2 Å². The van der Waals surface area contributed by atoms with Gasteiger partial charge in [-0.2, -0.15) is 0 Å². The summed E-state index contributed by atoms with van der Waals surface area (Å²) >= 11 is 0. The minimum absolute atomic E-state index is 0.349. The normalized spacial score (nSPS) is 13.7. The van der Waals surface area contributed by atoms with E-state index in [1.54, 1.807) is 5.57 Å². The molecule has 1 aliphatic carbocycles. The summed E-state index contributed by atoms with van der Waals surface area (Å²) in [6, 6.07) is 15.0. The van der Waals surface area contributed by atoms with Crippen LogP contribution in [0.15, 0.2) is 66.4 Å². The van der Waals surface area contributed by atoms with Crippen LogP contribution in [0.5, 0.6) is 0 Å². The molecule has 158 valence electrons. The van der Waals surface area contributed by atoms with Crippen molar-refractivity contribution in [3.63, 3.8) is 0 Å². The van der Waals surface area contributed by atoms with Gasteiger partial charge in [0.25, 0.3) is 0 Å². The van der Waals surface area contributed by atoms with E-state index >= 15 is 0 Å². The quantitative estimate of drug-likeness (QED) is 0.676. The maximum absolute atomic E-state index is 9.55. The van der Waals surface area contributed by atoms with Crippen molar-refractivity contribution in [1.82, 2.24) is 9.88 Å². The maximum atomic E-state index is 9.55. The molecule has 6 heteroatoms. The summed E-state index contributed by atoms with van der Waals surface area (Å²) in [5.74, 6) is -2.16. The summed E-state index contributed by atoms with van der Waals surface area (Å²) in [6.45, 7) is 3.39. The Morgan fingerprint density at radius 2 is 1.70 bits per heavy atom. The van der Waals surface area contributed by atoms with Crippen LogP contribution < -0.4 is 0 Å². The highest BCUT2D eigenvalue weighted by Crippen LogP contribution is 2.42. The van der Waals surface area contributed by atoms with Gasteiger partial charge in [0, 0.05) is 36.5 Å². The first-order valence-electron chi connectivity index (χ1n) is 9.79. The average molecular weight is 408 g/mol. The van der Waals surface area contributed by atoms with Gasteiger partial charge in [0.2, 0.25) is 0 Å². The van der Waals surface area contributed by atoms with Crippen molar-refractivity contribution < 1.29 is 19.8 Å². The highest BCUT2D eigenvalue weighted by molar-refractivity contribution is 5.89. The summed E-state index contributed by atoms with van der Waals surface area (Å²) in [4.78, 5) is 26.0. The SMILES string of the molecule is CC(C1=C(CCN(C)C)Cc2ccccc21)c1ccccn1.O=C(O)/C=C/C(=O)O. The third-order valence-corrected chi connectivity index (χ3v) is 4.89. The molecule has 1 aliphatic rings. The van der Waals surface area contributed by atoms with Gasteiger partial charge in [0.05, 0.1) is 0 Å². The second-order valence-electron chi connectivity index (χ2n) is 7.39. The fourth-order valence-corrected chi connectivity index (χ4v) is 3.50. The second kappa shape index (κ2) is 11.1. The second-order valence-corrected chi connectivity index (χ2v) is 7.39. The molecule has 0 fully saturated rings. The Kier molecular flexibility index (Phi) is 8.50. The van der Waals surface area contributed by atoms with Gasteiger partial charge in [-0.15, -0.1) is 0 Å². The highest BCUT2D eigenvalue weighted by Gasteiger charge is 2.26. The molecular weight excluding hydrogens is 380 g/mol. The number of nitrogens with zero attached hydrogens (tertiary/aromatic N) is 2. The molecule has 0 aliphatic heterocycles. The van der Waals surface area contributed by atoms with Gasteiger partial charge in [0.1, 0.15) is 0 Å². The van der Waals surface area contributed by atoms with Crippen LogP contribution in [0.3, 0.4) is 0 Å². The van der Waals surface area contributed by atoms with Gasteiger partial charge in [0.15, 0.2) is 0 Å². The maximum Gasteiger partial charge on any atom is 0.328 e. The van der Waals surface area contributed by atoms with Gasteiger partial charge in [-0.05, 0) is 55.8 Å². The Balaban J connectivity index is 0.000000343. The number of allylic oxidation sites excluding steroid dienone is 1. The largest absolute Gasteiger partial charge is 0.478 e. The monoisotopic (exact) mass is 408 g/mol. The topological polar surface area (TPSA) is 90.7 Å². The van der Waals surface area contributed by atoms with Crippen molar-refractivity contribution in [2.75, 3.05) is 20.6 Å². The van der Waals surface area contributed by atoms with Crippen molar-refractivity contribution >= 4 is 17.5 Å². The lowest BCUT2D eigenvalue weighted by atomic mass is 9.89. The summed E-state index contributed by atoms with van der Waals surface area (Å²) in [5.41, 5.74) is 7.13. The van der Waals surface area contributed by atoms with Crippen LogP contribution in [0, 0.1) is 0 Å². The molecule has 1 unspecified atom stereocenters. The summed E-state index contributed by atoms with van der Waals surface area (Å²) in [5, 5.41) is 15.6. The fourth-order valence-electron chi connectivity index (χ4n) is 3.50. The molecule has 1 heterocycles. The summed E-state index contributed by atoms with van der Waals surface area (Å²) < 4.78 is 0. The van der Waals surface area contributed by atoms with Crippen molar-refractivity contribution in [1.29, 1.82) is 0 Å². The van der Waals surface area contributed by atoms with Crippen LogP contribution in [-0.2, 0) is 16.0 Å². The fraction of sp³-hybridized carbons (Fsp3) is 0.292. The van der Waals surface area contributed by atoms with Gasteiger partial charge < -0.3 is 15.1 Å². The molecule has 3 rings (SSSR count). The van der Waals surface area contributed by atoms with Gasteiger partial charge in [-0.3, -0.25) is 4.98 Å². The standard InChI is InChI=1S/C20H24N2.C4H4O4/c1-15(19-10-6-7-12-21-19)20-17(11-13-22(2)3)14-16-8-4-5-9-18(16)20;5-3(6)1-2-4(7)8/h4-10,12,15H,11,13-14H2,1-3H3;1-2H,(H,5,6)(H,7,8)/b;2-1+. The van der Waals surface area contributed by atoms with E-state index in [0.29, 0.717) is 18.1 Å². The van der Waals surface area contributed by atoms with Crippen molar-refractivity contribution in [2.24, 2.45) is 0 Å². The third-order valence-electron chi connectivity index (χ3n) is 4.89. The van der Waals surface area contributed by atoms with Crippen molar-refractivity contribution in [3.8, 4) is 0 Å². The summed E-state index contributed by atoms with van der Waals surface area (Å²) in [6.07, 6.45) is 5.24.